The normalized spacial score (nSPS) is 13.6. The molecule has 7 nitrogen and oxygen atoms in total. The number of H-pyrrole nitrogens is 1. The zero-order valence-electron chi connectivity index (χ0n) is 20.0. The lowest BCUT2D eigenvalue weighted by Crippen LogP contribution is -2.33. The Labute approximate surface area is 213 Å². The fourth-order valence-corrected chi connectivity index (χ4v) is 5.01. The molecule has 1 aliphatic rings. The van der Waals surface area contributed by atoms with Gasteiger partial charge in [0.25, 0.3) is 11.5 Å². The Balaban J connectivity index is 1.34. The fourth-order valence-electron chi connectivity index (χ4n) is 4.60. The number of hydrogen-bond donors (Lipinski definition) is 3. The minimum absolute atomic E-state index is 0.0811. The number of rotatable bonds is 8. The van der Waals surface area contributed by atoms with Gasteiger partial charge in [0.1, 0.15) is 6.17 Å². The van der Waals surface area contributed by atoms with Crippen molar-refractivity contribution in [3.8, 4) is 0 Å². The number of carbonyl (C=O) groups excluding carboxylic acids is 1. The quantitative estimate of drug-likeness (QED) is 0.230. The highest BCUT2D eigenvalue weighted by Gasteiger charge is 2.20. The third-order valence-electron chi connectivity index (χ3n) is 6.50. The minimum Gasteiger partial charge on any atom is -0.472 e. The average molecular weight is 501 g/mol. The average Bonchev–Trinajstić information content (AvgIpc) is 3.46. The SMILES string of the molecule is CSc1ccc(NC(NC(=O)c2cccc(Cc3n[nH]c(=O)c4c3CCCC4)c2)c2ccoc2)cc1. The van der Waals surface area contributed by atoms with Crippen LogP contribution in [0.5, 0.6) is 0 Å². The molecule has 2 aromatic carbocycles. The summed E-state index contributed by atoms with van der Waals surface area (Å²) in [6, 6.07) is 17.4. The van der Waals surface area contributed by atoms with E-state index < -0.39 is 6.17 Å². The van der Waals surface area contributed by atoms with Gasteiger partial charge in [-0.1, -0.05) is 12.1 Å². The van der Waals surface area contributed by atoms with Crippen molar-refractivity contribution in [1.29, 1.82) is 0 Å². The van der Waals surface area contributed by atoms with Crippen LogP contribution >= 0.6 is 11.8 Å². The first-order valence-electron chi connectivity index (χ1n) is 12.0. The van der Waals surface area contributed by atoms with Gasteiger partial charge >= 0.3 is 0 Å². The highest BCUT2D eigenvalue weighted by molar-refractivity contribution is 7.98. The van der Waals surface area contributed by atoms with Gasteiger partial charge in [-0.3, -0.25) is 9.59 Å². The number of furan rings is 1. The van der Waals surface area contributed by atoms with Crippen LogP contribution in [0.15, 0.2) is 81.2 Å². The van der Waals surface area contributed by atoms with E-state index in [2.05, 4.69) is 20.8 Å². The molecule has 0 aliphatic heterocycles. The number of carbonyl (C=O) groups is 1. The van der Waals surface area contributed by atoms with Crippen molar-refractivity contribution in [1.82, 2.24) is 15.5 Å². The minimum atomic E-state index is -0.465. The first-order chi connectivity index (χ1) is 17.6. The van der Waals surface area contributed by atoms with Gasteiger partial charge < -0.3 is 15.1 Å². The van der Waals surface area contributed by atoms with E-state index in [0.29, 0.717) is 12.0 Å². The van der Waals surface area contributed by atoms with E-state index in [-0.39, 0.29) is 11.5 Å². The zero-order valence-corrected chi connectivity index (χ0v) is 20.9. The second-order valence-corrected chi connectivity index (χ2v) is 9.76. The fraction of sp³-hybridized carbons (Fsp3) is 0.250. The number of aromatic amines is 1. The van der Waals surface area contributed by atoms with Crippen molar-refractivity contribution in [2.75, 3.05) is 11.6 Å². The largest absolute Gasteiger partial charge is 0.472 e. The van der Waals surface area contributed by atoms with Gasteiger partial charge in [0, 0.05) is 33.7 Å². The summed E-state index contributed by atoms with van der Waals surface area (Å²) in [4.78, 5) is 26.6. The van der Waals surface area contributed by atoms with Gasteiger partial charge in [-0.2, -0.15) is 5.10 Å². The summed E-state index contributed by atoms with van der Waals surface area (Å²) in [7, 11) is 0. The van der Waals surface area contributed by atoms with E-state index in [9.17, 15) is 9.59 Å². The number of thioether (sulfide) groups is 1. The number of hydrogen-bond acceptors (Lipinski definition) is 6. The Morgan fingerprint density at radius 3 is 2.67 bits per heavy atom. The van der Waals surface area contributed by atoms with E-state index in [1.165, 1.54) is 4.90 Å². The topological polar surface area (TPSA) is 100 Å². The molecule has 1 amide bonds. The van der Waals surface area contributed by atoms with Crippen molar-refractivity contribution < 1.29 is 9.21 Å². The number of anilines is 1. The van der Waals surface area contributed by atoms with Crippen molar-refractivity contribution in [3.05, 3.63) is 111 Å². The van der Waals surface area contributed by atoms with Gasteiger partial charge in [0.05, 0.1) is 18.2 Å². The molecule has 0 bridgehead atoms. The summed E-state index contributed by atoms with van der Waals surface area (Å²) in [5.74, 6) is -0.201. The molecule has 0 saturated carbocycles. The molecular formula is C28H28N4O3S. The number of benzene rings is 2. The second kappa shape index (κ2) is 10.9. The van der Waals surface area contributed by atoms with Gasteiger partial charge in [0.15, 0.2) is 0 Å². The van der Waals surface area contributed by atoms with Crippen LogP contribution in [0, 0.1) is 0 Å². The van der Waals surface area contributed by atoms with Crippen LogP contribution in [0.2, 0.25) is 0 Å². The maximum atomic E-state index is 13.3. The third kappa shape index (κ3) is 5.39. The second-order valence-electron chi connectivity index (χ2n) is 8.88. The highest BCUT2D eigenvalue weighted by atomic mass is 32.2. The predicted molar refractivity (Wildman–Crippen MR) is 142 cm³/mol. The zero-order chi connectivity index (χ0) is 24.9. The predicted octanol–water partition coefficient (Wildman–Crippen LogP) is 5.10. The lowest BCUT2D eigenvalue weighted by Gasteiger charge is -2.21. The lowest BCUT2D eigenvalue weighted by atomic mass is 9.90. The summed E-state index contributed by atoms with van der Waals surface area (Å²) >= 11 is 1.68. The summed E-state index contributed by atoms with van der Waals surface area (Å²) in [5, 5.41) is 13.5. The molecule has 0 spiro atoms. The van der Waals surface area contributed by atoms with Gasteiger partial charge in [0.2, 0.25) is 0 Å². The third-order valence-corrected chi connectivity index (χ3v) is 7.24. The molecule has 5 rings (SSSR count). The van der Waals surface area contributed by atoms with E-state index in [1.54, 1.807) is 30.4 Å². The van der Waals surface area contributed by atoms with Crippen LogP contribution in [0.3, 0.4) is 0 Å². The Bertz CT molecular complexity index is 1400. The van der Waals surface area contributed by atoms with Crippen LogP contribution in [-0.2, 0) is 19.3 Å². The van der Waals surface area contributed by atoms with Crippen LogP contribution in [0.4, 0.5) is 5.69 Å². The van der Waals surface area contributed by atoms with Crippen molar-refractivity contribution in [2.24, 2.45) is 0 Å². The van der Waals surface area contributed by atoms with E-state index in [1.807, 2.05) is 54.8 Å². The smallest absolute Gasteiger partial charge is 0.267 e. The molecule has 8 heteroatoms. The van der Waals surface area contributed by atoms with Crippen LogP contribution in [0.25, 0.3) is 0 Å². The Hall–Kier alpha value is -3.78. The van der Waals surface area contributed by atoms with Gasteiger partial charge in [-0.25, -0.2) is 5.10 Å². The number of aromatic nitrogens is 2. The summed E-state index contributed by atoms with van der Waals surface area (Å²) < 4.78 is 5.27. The van der Waals surface area contributed by atoms with Crippen LogP contribution in [-0.4, -0.2) is 22.4 Å². The van der Waals surface area contributed by atoms with E-state index >= 15 is 0 Å². The molecule has 4 aromatic rings. The molecule has 1 atom stereocenters. The van der Waals surface area contributed by atoms with Crippen molar-refractivity contribution >= 4 is 23.4 Å². The van der Waals surface area contributed by atoms with Crippen LogP contribution in [0.1, 0.15) is 57.3 Å². The van der Waals surface area contributed by atoms with Crippen molar-refractivity contribution in [3.63, 3.8) is 0 Å². The maximum Gasteiger partial charge on any atom is 0.267 e. The van der Waals surface area contributed by atoms with Crippen molar-refractivity contribution in [2.45, 2.75) is 43.2 Å². The first kappa shape index (κ1) is 23.9. The first-order valence-corrected chi connectivity index (χ1v) is 13.2. The van der Waals surface area contributed by atoms with Gasteiger partial charge in [-0.05, 0) is 85.5 Å². The standard InChI is InChI=1S/C28H28N4O3S/c1-36-22-11-9-21(10-12-22)29-26(20-13-14-35-17-20)30-27(33)19-6-4-5-18(15-19)16-25-23-7-2-3-8-24(23)28(34)32-31-25/h4-6,9-15,17,26,29H,2-3,7-8,16H2,1H3,(H,30,33)(H,32,34). The Kier molecular flexibility index (Phi) is 7.23. The molecule has 1 unspecified atom stereocenters. The summed E-state index contributed by atoms with van der Waals surface area (Å²) in [6.45, 7) is 0. The molecule has 1 aliphatic carbocycles. The molecule has 2 heterocycles. The highest BCUT2D eigenvalue weighted by Crippen LogP contribution is 2.24. The van der Waals surface area contributed by atoms with Gasteiger partial charge in [-0.15, -0.1) is 11.8 Å². The van der Waals surface area contributed by atoms with E-state index in [4.69, 9.17) is 4.42 Å². The molecule has 2 aromatic heterocycles. The lowest BCUT2D eigenvalue weighted by molar-refractivity contribution is 0.0941. The number of fused-ring (bicyclic) bond motifs is 1. The molecular weight excluding hydrogens is 472 g/mol. The molecule has 36 heavy (non-hydrogen) atoms. The molecule has 0 radical (unpaired) electrons. The van der Waals surface area contributed by atoms with Crippen LogP contribution < -0.4 is 16.2 Å². The van der Waals surface area contributed by atoms with E-state index in [0.717, 1.165) is 59.3 Å². The number of amides is 1. The maximum absolute atomic E-state index is 13.3. The molecule has 0 saturated heterocycles. The number of nitrogens with zero attached hydrogens (tertiary/aromatic N) is 1. The monoisotopic (exact) mass is 500 g/mol. The molecule has 3 N–H and O–H groups in total. The Morgan fingerprint density at radius 1 is 1.11 bits per heavy atom. The molecule has 184 valence electrons. The molecule has 0 fully saturated rings. The number of nitrogens with one attached hydrogen (secondary N) is 3. The summed E-state index contributed by atoms with van der Waals surface area (Å²) in [6.07, 6.45) is 9.11. The Morgan fingerprint density at radius 2 is 1.92 bits per heavy atom. The summed E-state index contributed by atoms with van der Waals surface area (Å²) in [5.41, 5.74) is 5.96.